The largest absolute Gasteiger partial charge is 0.491 e. The standard InChI is InChI=1S/C18H16ClFN4O2S.C13H14ClN3.C13H12ClN3.C10H7Cl2N3.C9H17BO2.C5H5BClNO2.C5H4BrClN2.C5H3ClFNO2S/c1-11(2)17-12(5-4-10-21-17)18-13(19)8-9-15(23-18)24-27(25,26)16-7-3-6-14(20)22-16;2*1-8(2)12-9(4-3-7-16-12)13-10(14)5-6-11(15)17-13;11-7-3-4-8(13)15-9(7)6-2-1-5-14-10(6)12;1-7(2)10-11-8(3,4)9(5,6)12-10;7-5-4(6(9)10)2-1-3-8-5;6-5-3(7)1-2-4(8)9-5;6-11(9,10)5-3-1-2-4(7)8-5/h3-11H,1-2H3,(H,23,24);3-8H,1-2H3,(H2,15,17);3-7H,1H2,2H3,(H2,15,17);1-5H,(H2,13,15);1H2,2-6H3;1-3,9-10H;1-2H,(H2,8,9);1-3H. The topological polar surface area (TPSA) is 398 Å². The highest BCUT2D eigenvalue weighted by Crippen LogP contribution is 2.39. The summed E-state index contributed by atoms with van der Waals surface area (Å²) < 4.78 is 85.7. The molecule has 25 nitrogen and oxygen atoms in total. The zero-order chi connectivity index (χ0) is 87.7. The van der Waals surface area contributed by atoms with Gasteiger partial charge in [-0.1, -0.05) is 139 Å². The van der Waals surface area contributed by atoms with Gasteiger partial charge in [0.25, 0.3) is 19.1 Å². The van der Waals surface area contributed by atoms with E-state index < -0.39 is 48.1 Å². The van der Waals surface area contributed by atoms with Crippen molar-refractivity contribution >= 4 is 181 Å². The van der Waals surface area contributed by atoms with Crippen molar-refractivity contribution in [2.24, 2.45) is 0 Å². The summed E-state index contributed by atoms with van der Waals surface area (Å²) in [6.07, 6.45) is 8.25. The second kappa shape index (κ2) is 44.7. The average molecular weight is 1870 g/mol. The second-order valence-corrected chi connectivity index (χ2v) is 33.9. The van der Waals surface area contributed by atoms with Crippen LogP contribution in [0.4, 0.5) is 37.9 Å². The lowest BCUT2D eigenvalue weighted by Gasteiger charge is -2.32. The van der Waals surface area contributed by atoms with Crippen molar-refractivity contribution in [3.05, 3.63) is 276 Å². The molecule has 0 spiro atoms. The number of nitrogens with zero attached hydrogens (tertiary/aromatic N) is 12. The average Bonchev–Trinajstić information content (AvgIpc) is 1.63. The number of nitrogen functional groups attached to an aromatic ring is 4. The van der Waals surface area contributed by atoms with E-state index >= 15 is 0 Å². The summed E-state index contributed by atoms with van der Waals surface area (Å²) in [5.74, 6) is 0.469. The molecule has 118 heavy (non-hydrogen) atoms. The van der Waals surface area contributed by atoms with E-state index in [0.29, 0.717) is 98.0 Å². The maximum Gasteiger partial charge on any atom is 0.491 e. The Morgan fingerprint density at radius 1 is 0.483 bits per heavy atom. The van der Waals surface area contributed by atoms with Crippen molar-refractivity contribution in [1.29, 1.82) is 0 Å². The van der Waals surface area contributed by atoms with Crippen molar-refractivity contribution < 1.29 is 45.0 Å². The van der Waals surface area contributed by atoms with Crippen LogP contribution in [-0.2, 0) is 28.4 Å². The Kier molecular flexibility index (Phi) is 37.0. The first-order valence-electron chi connectivity index (χ1n) is 34.7. The normalized spacial score (nSPS) is 12.2. The molecule has 1 saturated heterocycles. The molecular weight excluding hydrogens is 1790 g/mol. The number of nitrogens with two attached hydrogens (primary N) is 4. The Balaban J connectivity index is 0.000000215. The van der Waals surface area contributed by atoms with Crippen molar-refractivity contribution in [3.63, 3.8) is 0 Å². The third-order valence-corrected chi connectivity index (χ3v) is 21.3. The smallest absolute Gasteiger partial charge is 0.423 e. The minimum absolute atomic E-state index is 0.0408. The molecular formula is C78H78B2BrCl8F2N17O8S2. The molecule has 0 atom stereocenters. The third-order valence-electron chi connectivity index (χ3n) is 15.9. The van der Waals surface area contributed by atoms with E-state index in [2.05, 4.69) is 107 Å². The molecule has 12 aromatic rings. The zero-order valence-electron chi connectivity index (χ0n) is 64.6. The molecule has 0 radical (unpaired) electrons. The summed E-state index contributed by atoms with van der Waals surface area (Å²) in [7, 11) is -4.91. The number of allylic oxidation sites excluding steroid dienone is 2. The molecule has 0 aliphatic carbocycles. The number of hydrogen-bond acceptors (Lipinski definition) is 24. The molecule has 40 heteroatoms. The van der Waals surface area contributed by atoms with Crippen LogP contribution in [0.1, 0.15) is 98.2 Å². The monoisotopic (exact) mass is 1860 g/mol. The molecule has 0 amide bonds. The highest BCUT2D eigenvalue weighted by atomic mass is 79.9. The molecule has 1 fully saturated rings. The van der Waals surface area contributed by atoms with Gasteiger partial charge >= 0.3 is 14.2 Å². The van der Waals surface area contributed by atoms with Crippen LogP contribution < -0.4 is 33.1 Å². The number of halogens is 11. The van der Waals surface area contributed by atoms with E-state index in [9.17, 15) is 25.6 Å². The van der Waals surface area contributed by atoms with E-state index in [0.717, 1.165) is 57.5 Å². The minimum Gasteiger partial charge on any atom is -0.423 e. The quantitative estimate of drug-likeness (QED) is 0.0320. The SMILES string of the molecule is C=C(C)B1OC(C)(C)C(C)(C)O1.C=C(C)c1ncccc1-c1nc(N)ccc1Cl.CC(C)c1ncccc1-c1nc(N)ccc1Cl.CC(C)c1ncccc1-c1nc(NS(=O)(=O)c2cccc(F)n2)ccc1Cl.Nc1ccc(Cl)c(-c2cccnc2Cl)n1.Nc1ccc(Cl)c(Br)n1.O=S(=O)(Cl)c1cccc(F)n1.OB(O)c1cccnc1Cl. The van der Waals surface area contributed by atoms with E-state index in [-0.39, 0.29) is 40.7 Å². The Hall–Kier alpha value is -9.19. The number of nitrogens with one attached hydrogen (secondary N) is 1. The van der Waals surface area contributed by atoms with Gasteiger partial charge in [-0.25, -0.2) is 53.3 Å². The summed E-state index contributed by atoms with van der Waals surface area (Å²) in [5, 5.41) is 19.4. The van der Waals surface area contributed by atoms with Gasteiger partial charge in [-0.2, -0.15) is 17.2 Å². The lowest BCUT2D eigenvalue weighted by molar-refractivity contribution is 0.00578. The van der Waals surface area contributed by atoms with Gasteiger partial charge in [0.05, 0.1) is 76.2 Å². The molecule has 11 N–H and O–H groups in total. The fourth-order valence-corrected chi connectivity index (χ4v) is 13.0. The number of rotatable bonds is 13. The van der Waals surface area contributed by atoms with Gasteiger partial charge in [0.15, 0.2) is 10.1 Å². The lowest BCUT2D eigenvalue weighted by Crippen LogP contribution is -2.41. The summed E-state index contributed by atoms with van der Waals surface area (Å²) in [4.78, 5) is 47.9. The number of aromatic nitrogens is 12. The van der Waals surface area contributed by atoms with Crippen molar-refractivity contribution in [2.45, 2.75) is 102 Å². The van der Waals surface area contributed by atoms with Crippen LogP contribution in [0.5, 0.6) is 0 Å². The van der Waals surface area contributed by atoms with Crippen LogP contribution >= 0.6 is 108 Å². The van der Waals surface area contributed by atoms with Gasteiger partial charge in [0.2, 0.25) is 11.9 Å². The Labute approximate surface area is 731 Å². The number of anilines is 5. The number of hydrogen-bond donors (Lipinski definition) is 7. The predicted molar refractivity (Wildman–Crippen MR) is 475 cm³/mol. The van der Waals surface area contributed by atoms with Crippen LogP contribution in [0.3, 0.4) is 0 Å². The highest BCUT2D eigenvalue weighted by Gasteiger charge is 2.51. The molecule has 0 bridgehead atoms. The summed E-state index contributed by atoms with van der Waals surface area (Å²) in [5.41, 5.74) is 31.8. The molecule has 1 aliphatic rings. The van der Waals surface area contributed by atoms with Gasteiger partial charge in [0, 0.05) is 69.4 Å². The zero-order valence-corrected chi connectivity index (χ0v) is 73.9. The maximum atomic E-state index is 13.3. The van der Waals surface area contributed by atoms with E-state index in [1.54, 1.807) is 97.6 Å². The van der Waals surface area contributed by atoms with Crippen molar-refractivity contribution in [3.8, 4) is 45.0 Å². The van der Waals surface area contributed by atoms with Crippen molar-refractivity contribution in [2.75, 3.05) is 27.7 Å². The van der Waals surface area contributed by atoms with E-state index in [1.165, 1.54) is 42.6 Å². The molecule has 13 heterocycles. The van der Waals surface area contributed by atoms with Gasteiger partial charge in [-0.05, 0) is 214 Å². The molecule has 618 valence electrons. The molecule has 0 unspecified atom stereocenters. The van der Waals surface area contributed by atoms with Crippen LogP contribution in [0.25, 0.3) is 50.6 Å². The molecule has 13 rings (SSSR count). The predicted octanol–water partition coefficient (Wildman–Crippen LogP) is 19.0. The van der Waals surface area contributed by atoms with Crippen LogP contribution in [0.15, 0.2) is 222 Å². The summed E-state index contributed by atoms with van der Waals surface area (Å²) in [6, 6.07) is 41.2. The Morgan fingerprint density at radius 2 is 0.856 bits per heavy atom. The molecule has 12 aromatic heterocycles. The highest BCUT2D eigenvalue weighted by molar-refractivity contribution is 9.10. The first-order chi connectivity index (χ1) is 55.3. The number of pyridine rings is 12. The molecule has 0 aromatic carbocycles. The van der Waals surface area contributed by atoms with Crippen LogP contribution in [0, 0.1) is 11.9 Å². The Bertz CT molecular complexity index is 5720. The Morgan fingerprint density at radius 3 is 1.24 bits per heavy atom. The van der Waals surface area contributed by atoms with Crippen molar-refractivity contribution in [1.82, 2.24) is 59.8 Å². The van der Waals surface area contributed by atoms with Gasteiger partial charge in [0.1, 0.15) is 44.0 Å². The van der Waals surface area contributed by atoms with E-state index in [4.69, 9.17) is 134 Å². The maximum absolute atomic E-state index is 13.3. The number of sulfonamides is 1. The first-order valence-corrected chi connectivity index (χ1v) is 41.9. The van der Waals surface area contributed by atoms with Gasteiger partial charge in [-0.15, -0.1) is 6.58 Å². The molecule has 1 aliphatic heterocycles. The summed E-state index contributed by atoms with van der Waals surface area (Å²) in [6.45, 7) is 27.8. The summed E-state index contributed by atoms with van der Waals surface area (Å²) >= 11 is 44.7. The van der Waals surface area contributed by atoms with Crippen LogP contribution in [0.2, 0.25) is 35.4 Å². The fourth-order valence-electron chi connectivity index (χ4n) is 9.60. The fraction of sp³-hybridized carbons (Fsp3) is 0.179. The van der Waals surface area contributed by atoms with Crippen LogP contribution in [-0.4, -0.2) is 112 Å². The lowest BCUT2D eigenvalue weighted by atomic mass is 9.81. The second-order valence-electron chi connectivity index (χ2n) is 26.3. The third kappa shape index (κ3) is 29.1. The molecule has 0 saturated carbocycles. The minimum atomic E-state index is -4.10. The van der Waals surface area contributed by atoms with Gasteiger partial charge < -0.3 is 42.3 Å². The first kappa shape index (κ1) is 97.6. The van der Waals surface area contributed by atoms with E-state index in [1.807, 2.05) is 85.7 Å². The van der Waals surface area contributed by atoms with Gasteiger partial charge in [-0.3, -0.25) is 19.7 Å².